The van der Waals surface area contributed by atoms with Gasteiger partial charge in [0.1, 0.15) is 5.82 Å². The Kier molecular flexibility index (Phi) is 2.97. The highest BCUT2D eigenvalue weighted by molar-refractivity contribution is 5.92. The van der Waals surface area contributed by atoms with Crippen LogP contribution >= 0.6 is 0 Å². The molecule has 0 radical (unpaired) electrons. The average molecular weight is 208 g/mol. The van der Waals surface area contributed by atoms with Crippen LogP contribution in [-0.2, 0) is 4.79 Å². The van der Waals surface area contributed by atoms with Crippen molar-refractivity contribution in [1.29, 1.82) is 0 Å². The Bertz CT molecular complexity index is 363. The number of amides is 1. The summed E-state index contributed by atoms with van der Waals surface area (Å²) in [5, 5.41) is 5.58. The molecule has 0 heterocycles. The van der Waals surface area contributed by atoms with Gasteiger partial charge in [-0.1, -0.05) is 12.1 Å². The number of halogens is 1. The number of hydrogen-bond acceptors (Lipinski definition) is 2. The van der Waals surface area contributed by atoms with Crippen molar-refractivity contribution in [2.45, 2.75) is 18.9 Å². The predicted octanol–water partition coefficient (Wildman–Crippen LogP) is 1.52. The van der Waals surface area contributed by atoms with Crippen LogP contribution in [-0.4, -0.2) is 18.5 Å². The maximum absolute atomic E-state index is 13.1. The molecule has 1 aliphatic rings. The minimum atomic E-state index is -0.405. The largest absolute Gasteiger partial charge is 0.322 e. The lowest BCUT2D eigenvalue weighted by molar-refractivity contribution is -0.115. The Morgan fingerprint density at radius 1 is 1.40 bits per heavy atom. The average Bonchev–Trinajstić information content (AvgIpc) is 3.02. The van der Waals surface area contributed by atoms with Crippen LogP contribution in [0.3, 0.4) is 0 Å². The summed E-state index contributed by atoms with van der Waals surface area (Å²) >= 11 is 0. The lowest BCUT2D eigenvalue weighted by atomic mass is 10.3. The summed E-state index contributed by atoms with van der Waals surface area (Å²) in [4.78, 5) is 11.4. The summed E-state index contributed by atoms with van der Waals surface area (Å²) < 4.78 is 13.1. The molecule has 0 aromatic heterocycles. The molecular formula is C11H13FN2O. The molecule has 2 rings (SSSR count). The molecule has 1 amide bonds. The van der Waals surface area contributed by atoms with E-state index in [9.17, 15) is 9.18 Å². The molecule has 0 aliphatic heterocycles. The van der Waals surface area contributed by atoms with Crippen molar-refractivity contribution in [3.05, 3.63) is 30.1 Å². The zero-order chi connectivity index (χ0) is 10.7. The molecule has 1 fully saturated rings. The zero-order valence-corrected chi connectivity index (χ0v) is 8.29. The van der Waals surface area contributed by atoms with Crippen LogP contribution in [0.5, 0.6) is 0 Å². The SMILES string of the molecule is O=C(CNC1CC1)Nc1ccccc1F. The molecule has 2 N–H and O–H groups in total. The fourth-order valence-corrected chi connectivity index (χ4v) is 1.28. The molecule has 3 nitrogen and oxygen atoms in total. The molecular weight excluding hydrogens is 195 g/mol. The topological polar surface area (TPSA) is 41.1 Å². The van der Waals surface area contributed by atoms with Gasteiger partial charge in [-0.3, -0.25) is 4.79 Å². The van der Waals surface area contributed by atoms with Gasteiger partial charge in [-0.05, 0) is 25.0 Å². The summed E-state index contributed by atoms with van der Waals surface area (Å²) in [6, 6.07) is 6.63. The van der Waals surface area contributed by atoms with Crippen molar-refractivity contribution in [3.8, 4) is 0 Å². The van der Waals surface area contributed by atoms with Crippen LogP contribution in [0.4, 0.5) is 10.1 Å². The summed E-state index contributed by atoms with van der Waals surface area (Å²) in [6.45, 7) is 0.249. The Hall–Kier alpha value is -1.42. The Labute approximate surface area is 87.7 Å². The molecule has 0 saturated heterocycles. The molecule has 4 heteroatoms. The van der Waals surface area contributed by atoms with Gasteiger partial charge >= 0.3 is 0 Å². The van der Waals surface area contributed by atoms with E-state index in [-0.39, 0.29) is 18.1 Å². The van der Waals surface area contributed by atoms with Crippen molar-refractivity contribution >= 4 is 11.6 Å². The van der Waals surface area contributed by atoms with Gasteiger partial charge in [-0.2, -0.15) is 0 Å². The molecule has 0 bridgehead atoms. The number of benzene rings is 1. The summed E-state index contributed by atoms with van der Waals surface area (Å²) in [6.07, 6.45) is 2.26. The third-order valence-electron chi connectivity index (χ3n) is 2.28. The standard InChI is InChI=1S/C11H13FN2O/c12-9-3-1-2-4-10(9)14-11(15)7-13-8-5-6-8/h1-4,8,13H,5-7H2,(H,14,15). The van der Waals surface area contributed by atoms with Crippen molar-refractivity contribution < 1.29 is 9.18 Å². The highest BCUT2D eigenvalue weighted by Gasteiger charge is 2.21. The summed E-state index contributed by atoms with van der Waals surface area (Å²) in [5.74, 6) is -0.607. The number of rotatable bonds is 4. The minimum absolute atomic E-state index is 0.202. The number of para-hydroxylation sites is 1. The third-order valence-corrected chi connectivity index (χ3v) is 2.28. The van der Waals surface area contributed by atoms with E-state index in [1.165, 1.54) is 6.07 Å². The van der Waals surface area contributed by atoms with Crippen LogP contribution in [0.25, 0.3) is 0 Å². The zero-order valence-electron chi connectivity index (χ0n) is 8.29. The van der Waals surface area contributed by atoms with Gasteiger partial charge in [0, 0.05) is 6.04 Å². The van der Waals surface area contributed by atoms with E-state index in [1.807, 2.05) is 0 Å². The maximum atomic E-state index is 13.1. The fraction of sp³-hybridized carbons (Fsp3) is 0.364. The molecule has 1 aromatic carbocycles. The number of hydrogen-bond donors (Lipinski definition) is 2. The van der Waals surface area contributed by atoms with Gasteiger partial charge in [0.25, 0.3) is 0 Å². The Morgan fingerprint density at radius 2 is 2.13 bits per heavy atom. The molecule has 1 aromatic rings. The van der Waals surface area contributed by atoms with E-state index < -0.39 is 5.82 Å². The monoisotopic (exact) mass is 208 g/mol. The summed E-state index contributed by atoms with van der Waals surface area (Å²) in [7, 11) is 0. The Balaban J connectivity index is 1.84. The van der Waals surface area contributed by atoms with Gasteiger partial charge < -0.3 is 10.6 Å². The second-order valence-corrected chi connectivity index (χ2v) is 3.68. The normalized spacial score (nSPS) is 15.0. The van der Waals surface area contributed by atoms with E-state index in [4.69, 9.17) is 0 Å². The van der Waals surface area contributed by atoms with Crippen molar-refractivity contribution in [3.63, 3.8) is 0 Å². The second-order valence-electron chi connectivity index (χ2n) is 3.68. The van der Waals surface area contributed by atoms with Gasteiger partial charge in [0.15, 0.2) is 0 Å². The highest BCUT2D eigenvalue weighted by atomic mass is 19.1. The van der Waals surface area contributed by atoms with Crippen LogP contribution in [0.15, 0.2) is 24.3 Å². The molecule has 80 valence electrons. The highest BCUT2D eigenvalue weighted by Crippen LogP contribution is 2.18. The number of nitrogens with one attached hydrogen (secondary N) is 2. The Morgan fingerprint density at radius 3 is 2.80 bits per heavy atom. The lowest BCUT2D eigenvalue weighted by Crippen LogP contribution is -2.29. The van der Waals surface area contributed by atoms with Gasteiger partial charge in [-0.25, -0.2) is 4.39 Å². The number of carbonyl (C=O) groups excluding carboxylic acids is 1. The van der Waals surface area contributed by atoms with Crippen LogP contribution in [0, 0.1) is 5.82 Å². The number of anilines is 1. The van der Waals surface area contributed by atoms with E-state index in [2.05, 4.69) is 10.6 Å². The molecule has 0 spiro atoms. The first-order valence-electron chi connectivity index (χ1n) is 5.03. The van der Waals surface area contributed by atoms with Crippen LogP contribution < -0.4 is 10.6 Å². The van der Waals surface area contributed by atoms with Crippen molar-refractivity contribution in [1.82, 2.24) is 5.32 Å². The van der Waals surface area contributed by atoms with Gasteiger partial charge in [0.05, 0.1) is 12.2 Å². The molecule has 1 saturated carbocycles. The third kappa shape index (κ3) is 3.02. The first kappa shape index (κ1) is 10.1. The quantitative estimate of drug-likeness (QED) is 0.787. The van der Waals surface area contributed by atoms with E-state index >= 15 is 0 Å². The number of carbonyl (C=O) groups is 1. The van der Waals surface area contributed by atoms with E-state index in [0.29, 0.717) is 6.04 Å². The van der Waals surface area contributed by atoms with Gasteiger partial charge in [0.2, 0.25) is 5.91 Å². The smallest absolute Gasteiger partial charge is 0.238 e. The first-order valence-corrected chi connectivity index (χ1v) is 5.03. The van der Waals surface area contributed by atoms with Crippen LogP contribution in [0.2, 0.25) is 0 Å². The van der Waals surface area contributed by atoms with Crippen molar-refractivity contribution in [2.24, 2.45) is 0 Å². The van der Waals surface area contributed by atoms with Gasteiger partial charge in [-0.15, -0.1) is 0 Å². The van der Waals surface area contributed by atoms with Crippen molar-refractivity contribution in [2.75, 3.05) is 11.9 Å². The van der Waals surface area contributed by atoms with E-state index in [1.54, 1.807) is 18.2 Å². The second kappa shape index (κ2) is 4.40. The summed E-state index contributed by atoms with van der Waals surface area (Å²) in [5.41, 5.74) is 0.236. The van der Waals surface area contributed by atoms with Crippen LogP contribution in [0.1, 0.15) is 12.8 Å². The first-order chi connectivity index (χ1) is 7.25. The maximum Gasteiger partial charge on any atom is 0.238 e. The van der Waals surface area contributed by atoms with E-state index in [0.717, 1.165) is 12.8 Å². The molecule has 0 unspecified atom stereocenters. The molecule has 0 atom stereocenters. The lowest BCUT2D eigenvalue weighted by Gasteiger charge is -2.06. The fourth-order valence-electron chi connectivity index (χ4n) is 1.28. The minimum Gasteiger partial charge on any atom is -0.322 e. The molecule has 15 heavy (non-hydrogen) atoms. The predicted molar refractivity (Wildman–Crippen MR) is 56.1 cm³/mol. The molecule has 1 aliphatic carbocycles.